The summed E-state index contributed by atoms with van der Waals surface area (Å²) in [5.41, 5.74) is 3.47. The summed E-state index contributed by atoms with van der Waals surface area (Å²) in [5, 5.41) is 3.36. The molecule has 0 radical (unpaired) electrons. The molecule has 3 heteroatoms. The Balaban J connectivity index is 2.01. The van der Waals surface area contributed by atoms with E-state index < -0.39 is 0 Å². The molecule has 19 heavy (non-hydrogen) atoms. The lowest BCUT2D eigenvalue weighted by Crippen LogP contribution is -2.44. The highest BCUT2D eigenvalue weighted by molar-refractivity contribution is 5.84. The largest absolute Gasteiger partial charge is 0.374 e. The molecule has 0 bridgehead atoms. The Bertz CT molecular complexity index is 450. The Kier molecular flexibility index (Phi) is 4.46. The molecule has 104 valence electrons. The molecule has 2 rings (SSSR count). The van der Waals surface area contributed by atoms with Gasteiger partial charge in [0, 0.05) is 18.8 Å². The second kappa shape index (κ2) is 6.09. The van der Waals surface area contributed by atoms with Gasteiger partial charge in [-0.15, -0.1) is 0 Å². The number of hydrogen-bond acceptors (Lipinski definition) is 2. The van der Waals surface area contributed by atoms with E-state index in [4.69, 9.17) is 0 Å². The number of aryl methyl sites for hydroxylation is 2. The minimum Gasteiger partial charge on any atom is -0.374 e. The van der Waals surface area contributed by atoms with Crippen LogP contribution in [-0.2, 0) is 4.79 Å². The first-order chi connectivity index (χ1) is 9.08. The smallest absolute Gasteiger partial charge is 0.244 e. The van der Waals surface area contributed by atoms with Crippen molar-refractivity contribution in [2.45, 2.75) is 46.1 Å². The van der Waals surface area contributed by atoms with Crippen LogP contribution in [0.5, 0.6) is 0 Å². The van der Waals surface area contributed by atoms with Gasteiger partial charge in [0.1, 0.15) is 6.04 Å². The molecule has 1 amide bonds. The number of nitrogens with one attached hydrogen (secondary N) is 1. The number of benzene rings is 1. The van der Waals surface area contributed by atoms with E-state index in [0.29, 0.717) is 0 Å². The van der Waals surface area contributed by atoms with E-state index in [-0.39, 0.29) is 11.9 Å². The molecule has 1 aromatic carbocycles. The molecule has 0 aliphatic carbocycles. The summed E-state index contributed by atoms with van der Waals surface area (Å²) >= 11 is 0. The number of carbonyl (C=O) groups is 1. The third kappa shape index (κ3) is 3.49. The predicted molar refractivity (Wildman–Crippen MR) is 79.4 cm³/mol. The number of nitrogens with zero attached hydrogens (tertiary/aromatic N) is 1. The minimum atomic E-state index is -0.154. The molecule has 0 spiro atoms. The maximum Gasteiger partial charge on any atom is 0.244 e. The van der Waals surface area contributed by atoms with Crippen molar-refractivity contribution in [3.05, 3.63) is 29.3 Å². The van der Waals surface area contributed by atoms with E-state index >= 15 is 0 Å². The van der Waals surface area contributed by atoms with E-state index in [0.717, 1.165) is 31.6 Å². The van der Waals surface area contributed by atoms with E-state index in [1.807, 2.05) is 11.8 Å². The van der Waals surface area contributed by atoms with Crippen LogP contribution in [-0.4, -0.2) is 29.9 Å². The first kappa shape index (κ1) is 13.9. The van der Waals surface area contributed by atoms with Crippen LogP contribution in [0.15, 0.2) is 18.2 Å². The van der Waals surface area contributed by atoms with Gasteiger partial charge in [0.05, 0.1) is 0 Å². The normalized spacial score (nSPS) is 17.1. The van der Waals surface area contributed by atoms with Crippen LogP contribution in [0, 0.1) is 13.8 Å². The molecular formula is C16H24N2O. The number of anilines is 1. The van der Waals surface area contributed by atoms with Gasteiger partial charge in [-0.25, -0.2) is 0 Å². The maximum atomic E-state index is 12.4. The van der Waals surface area contributed by atoms with Crippen molar-refractivity contribution >= 4 is 11.6 Å². The SMILES string of the molecule is Cc1ccc(C)c(NC(C)C(=O)N2CCCCC2)c1. The number of amides is 1. The van der Waals surface area contributed by atoms with Crippen LogP contribution < -0.4 is 5.32 Å². The van der Waals surface area contributed by atoms with Crippen LogP contribution in [0.25, 0.3) is 0 Å². The van der Waals surface area contributed by atoms with E-state index in [9.17, 15) is 4.79 Å². The molecule has 3 nitrogen and oxygen atoms in total. The van der Waals surface area contributed by atoms with Crippen LogP contribution in [0.1, 0.15) is 37.3 Å². The number of likely N-dealkylation sites (tertiary alicyclic amines) is 1. The molecule has 1 heterocycles. The topological polar surface area (TPSA) is 32.3 Å². The standard InChI is InChI=1S/C16H24N2O/c1-12-7-8-13(2)15(11-12)17-14(3)16(19)18-9-5-4-6-10-18/h7-8,11,14,17H,4-6,9-10H2,1-3H3. The third-order valence-electron chi connectivity index (χ3n) is 3.80. The zero-order valence-electron chi connectivity index (χ0n) is 12.2. The molecule has 1 atom stereocenters. The van der Waals surface area contributed by atoms with Crippen molar-refractivity contribution in [2.24, 2.45) is 0 Å². The zero-order valence-corrected chi connectivity index (χ0v) is 12.2. The fraction of sp³-hybridized carbons (Fsp3) is 0.562. The predicted octanol–water partition coefficient (Wildman–Crippen LogP) is 3.12. The highest BCUT2D eigenvalue weighted by atomic mass is 16.2. The molecule has 1 aliphatic rings. The van der Waals surface area contributed by atoms with Gasteiger partial charge < -0.3 is 10.2 Å². The lowest BCUT2D eigenvalue weighted by Gasteiger charge is -2.30. The van der Waals surface area contributed by atoms with E-state index in [1.54, 1.807) is 0 Å². The molecule has 1 aromatic rings. The molecule has 1 saturated heterocycles. The first-order valence-corrected chi connectivity index (χ1v) is 7.20. The van der Waals surface area contributed by atoms with Crippen LogP contribution in [0.2, 0.25) is 0 Å². The van der Waals surface area contributed by atoms with Gasteiger partial charge in [-0.05, 0) is 57.2 Å². The molecule has 1 unspecified atom stereocenters. The van der Waals surface area contributed by atoms with Crippen molar-refractivity contribution in [1.29, 1.82) is 0 Å². The summed E-state index contributed by atoms with van der Waals surface area (Å²) in [6, 6.07) is 6.14. The fourth-order valence-corrected chi connectivity index (χ4v) is 2.57. The minimum absolute atomic E-state index is 0.154. The fourth-order valence-electron chi connectivity index (χ4n) is 2.57. The molecule has 1 fully saturated rings. The van der Waals surface area contributed by atoms with Gasteiger partial charge in [0.25, 0.3) is 0 Å². The lowest BCUT2D eigenvalue weighted by molar-refractivity contribution is -0.132. The molecular weight excluding hydrogens is 236 g/mol. The highest BCUT2D eigenvalue weighted by Gasteiger charge is 2.22. The van der Waals surface area contributed by atoms with Gasteiger partial charge in [-0.1, -0.05) is 12.1 Å². The van der Waals surface area contributed by atoms with E-state index in [1.165, 1.54) is 17.5 Å². The second-order valence-corrected chi connectivity index (χ2v) is 5.57. The number of piperidine rings is 1. The third-order valence-corrected chi connectivity index (χ3v) is 3.80. The quantitative estimate of drug-likeness (QED) is 0.905. The van der Waals surface area contributed by atoms with Crippen LogP contribution >= 0.6 is 0 Å². The Morgan fingerprint density at radius 3 is 2.58 bits per heavy atom. The van der Waals surface area contributed by atoms with Crippen LogP contribution in [0.4, 0.5) is 5.69 Å². The number of hydrogen-bond donors (Lipinski definition) is 1. The first-order valence-electron chi connectivity index (χ1n) is 7.20. The number of rotatable bonds is 3. The molecule has 0 aromatic heterocycles. The van der Waals surface area contributed by atoms with Crippen molar-refractivity contribution in [1.82, 2.24) is 4.90 Å². The maximum absolute atomic E-state index is 12.4. The Morgan fingerprint density at radius 2 is 1.89 bits per heavy atom. The van der Waals surface area contributed by atoms with Crippen molar-refractivity contribution in [3.8, 4) is 0 Å². The van der Waals surface area contributed by atoms with Crippen molar-refractivity contribution in [3.63, 3.8) is 0 Å². The zero-order chi connectivity index (χ0) is 13.8. The molecule has 0 saturated carbocycles. The van der Waals surface area contributed by atoms with Gasteiger partial charge in [0.2, 0.25) is 5.91 Å². The van der Waals surface area contributed by atoms with E-state index in [2.05, 4.69) is 37.4 Å². The average molecular weight is 260 g/mol. The summed E-state index contributed by atoms with van der Waals surface area (Å²) in [5.74, 6) is 0.223. The van der Waals surface area contributed by atoms with Crippen molar-refractivity contribution in [2.75, 3.05) is 18.4 Å². The monoisotopic (exact) mass is 260 g/mol. The van der Waals surface area contributed by atoms with Crippen molar-refractivity contribution < 1.29 is 4.79 Å². The van der Waals surface area contributed by atoms with Gasteiger partial charge in [0.15, 0.2) is 0 Å². The number of carbonyl (C=O) groups excluding carboxylic acids is 1. The summed E-state index contributed by atoms with van der Waals surface area (Å²) in [6.07, 6.45) is 3.53. The Labute approximate surface area is 116 Å². The van der Waals surface area contributed by atoms with Gasteiger partial charge in [-0.3, -0.25) is 4.79 Å². The summed E-state index contributed by atoms with van der Waals surface area (Å²) < 4.78 is 0. The second-order valence-electron chi connectivity index (χ2n) is 5.57. The molecule has 1 aliphatic heterocycles. The Morgan fingerprint density at radius 1 is 1.21 bits per heavy atom. The van der Waals surface area contributed by atoms with Gasteiger partial charge in [-0.2, -0.15) is 0 Å². The van der Waals surface area contributed by atoms with Gasteiger partial charge >= 0.3 is 0 Å². The summed E-state index contributed by atoms with van der Waals surface area (Å²) in [6.45, 7) is 7.93. The lowest BCUT2D eigenvalue weighted by atomic mass is 10.1. The molecule has 1 N–H and O–H groups in total. The summed E-state index contributed by atoms with van der Waals surface area (Å²) in [4.78, 5) is 14.4. The summed E-state index contributed by atoms with van der Waals surface area (Å²) in [7, 11) is 0. The average Bonchev–Trinajstić information content (AvgIpc) is 2.43. The Hall–Kier alpha value is -1.51. The highest BCUT2D eigenvalue weighted by Crippen LogP contribution is 2.18. The van der Waals surface area contributed by atoms with Crippen LogP contribution in [0.3, 0.4) is 0 Å².